The smallest absolute Gasteiger partial charge is 0.305 e. The van der Waals surface area contributed by atoms with Gasteiger partial charge in [-0.2, -0.15) is 0 Å². The van der Waals surface area contributed by atoms with Crippen LogP contribution in [-0.2, 0) is 9.59 Å². The Labute approximate surface area is 96.6 Å². The molecule has 1 saturated carbocycles. The molecule has 1 N–H and O–H groups in total. The average molecular weight is 227 g/mol. The number of carboxylic acids is 1. The molecule has 16 heavy (non-hydrogen) atoms. The molecule has 0 aromatic carbocycles. The molecule has 1 amide bonds. The van der Waals surface area contributed by atoms with Gasteiger partial charge in [0.05, 0.1) is 6.42 Å². The van der Waals surface area contributed by atoms with Crippen molar-refractivity contribution in [2.75, 3.05) is 6.54 Å². The number of hydrogen-bond donors (Lipinski definition) is 1. The van der Waals surface area contributed by atoms with Crippen LogP contribution in [-0.4, -0.2) is 34.5 Å². The molecule has 0 heterocycles. The Morgan fingerprint density at radius 1 is 1.44 bits per heavy atom. The van der Waals surface area contributed by atoms with Gasteiger partial charge in [0.15, 0.2) is 0 Å². The number of amides is 1. The molecule has 0 spiro atoms. The summed E-state index contributed by atoms with van der Waals surface area (Å²) in [7, 11) is 0. The molecule has 0 aromatic heterocycles. The molecule has 1 atom stereocenters. The van der Waals surface area contributed by atoms with Gasteiger partial charge < -0.3 is 10.0 Å². The lowest BCUT2D eigenvalue weighted by molar-refractivity contribution is -0.138. The second-order valence-corrected chi connectivity index (χ2v) is 4.68. The molecule has 1 unspecified atom stereocenters. The van der Waals surface area contributed by atoms with E-state index in [0.29, 0.717) is 24.9 Å². The normalized spacial score (nSPS) is 16.9. The summed E-state index contributed by atoms with van der Waals surface area (Å²) in [5, 5.41) is 8.64. The molecule has 1 fully saturated rings. The van der Waals surface area contributed by atoms with Crippen LogP contribution in [0.25, 0.3) is 0 Å². The van der Waals surface area contributed by atoms with E-state index in [9.17, 15) is 9.59 Å². The molecule has 4 nitrogen and oxygen atoms in total. The van der Waals surface area contributed by atoms with Crippen LogP contribution in [0.1, 0.15) is 46.0 Å². The highest BCUT2D eigenvalue weighted by molar-refractivity contribution is 5.78. The third kappa shape index (κ3) is 4.21. The fourth-order valence-corrected chi connectivity index (χ4v) is 1.67. The van der Waals surface area contributed by atoms with Gasteiger partial charge in [0.25, 0.3) is 0 Å². The minimum atomic E-state index is -0.831. The Morgan fingerprint density at radius 3 is 2.50 bits per heavy atom. The fraction of sp³-hybridized carbons (Fsp3) is 0.833. The van der Waals surface area contributed by atoms with Gasteiger partial charge in [-0.3, -0.25) is 9.59 Å². The summed E-state index contributed by atoms with van der Waals surface area (Å²) in [5.74, 6) is -0.321. The van der Waals surface area contributed by atoms with E-state index < -0.39 is 5.97 Å². The van der Waals surface area contributed by atoms with Gasteiger partial charge in [0.1, 0.15) is 0 Å². The first kappa shape index (κ1) is 13.0. The number of carbonyl (C=O) groups excluding carboxylic acids is 1. The van der Waals surface area contributed by atoms with Crippen molar-refractivity contribution >= 4 is 11.9 Å². The van der Waals surface area contributed by atoms with Crippen LogP contribution in [0.5, 0.6) is 0 Å². The van der Waals surface area contributed by atoms with E-state index in [1.165, 1.54) is 0 Å². The topological polar surface area (TPSA) is 57.6 Å². The number of nitrogens with zero attached hydrogens (tertiary/aromatic N) is 1. The Bertz CT molecular complexity index is 261. The second-order valence-electron chi connectivity index (χ2n) is 4.68. The van der Waals surface area contributed by atoms with Crippen molar-refractivity contribution in [2.45, 2.75) is 52.0 Å². The molecule has 0 aromatic rings. The number of carbonyl (C=O) groups is 2. The second kappa shape index (κ2) is 5.87. The van der Waals surface area contributed by atoms with E-state index in [0.717, 1.165) is 19.3 Å². The molecule has 1 aliphatic carbocycles. The van der Waals surface area contributed by atoms with Gasteiger partial charge in [-0.1, -0.05) is 20.3 Å². The summed E-state index contributed by atoms with van der Waals surface area (Å²) in [6, 6.07) is 0.316. The van der Waals surface area contributed by atoms with Gasteiger partial charge in [0, 0.05) is 19.0 Å². The molecule has 0 saturated heterocycles. The van der Waals surface area contributed by atoms with Crippen LogP contribution in [0.15, 0.2) is 0 Å². The van der Waals surface area contributed by atoms with Gasteiger partial charge in [0.2, 0.25) is 5.91 Å². The monoisotopic (exact) mass is 227 g/mol. The highest BCUT2D eigenvalue weighted by Gasteiger charge is 2.32. The van der Waals surface area contributed by atoms with Crippen molar-refractivity contribution in [3.63, 3.8) is 0 Å². The third-order valence-corrected chi connectivity index (χ3v) is 3.09. The predicted molar refractivity (Wildman–Crippen MR) is 61.1 cm³/mol. The highest BCUT2D eigenvalue weighted by Crippen LogP contribution is 2.28. The summed E-state index contributed by atoms with van der Waals surface area (Å²) in [6.07, 6.45) is 3.66. The van der Waals surface area contributed by atoms with Crippen molar-refractivity contribution in [1.29, 1.82) is 0 Å². The Kier molecular flexibility index (Phi) is 4.77. The standard InChI is InChI=1S/C12H21NO3/c1-3-9(2)8-11(14)13(10-4-5-10)7-6-12(15)16/h9-10H,3-8H2,1-2H3,(H,15,16). The van der Waals surface area contributed by atoms with Crippen LogP contribution < -0.4 is 0 Å². The van der Waals surface area contributed by atoms with Crippen molar-refractivity contribution in [3.8, 4) is 0 Å². The average Bonchev–Trinajstić information content (AvgIpc) is 3.01. The summed E-state index contributed by atoms with van der Waals surface area (Å²) >= 11 is 0. The van der Waals surface area contributed by atoms with Crippen molar-refractivity contribution in [1.82, 2.24) is 4.90 Å². The van der Waals surface area contributed by atoms with Crippen LogP contribution >= 0.6 is 0 Å². The molecule has 0 bridgehead atoms. The maximum absolute atomic E-state index is 11.9. The quantitative estimate of drug-likeness (QED) is 0.722. The molecule has 0 radical (unpaired) electrons. The summed E-state index contributed by atoms with van der Waals surface area (Å²) in [4.78, 5) is 24.2. The van der Waals surface area contributed by atoms with E-state index in [1.807, 2.05) is 0 Å². The van der Waals surface area contributed by atoms with E-state index in [2.05, 4.69) is 13.8 Å². The molecule has 1 rings (SSSR count). The first-order valence-electron chi connectivity index (χ1n) is 6.05. The van der Waals surface area contributed by atoms with Crippen molar-refractivity contribution in [2.24, 2.45) is 5.92 Å². The lowest BCUT2D eigenvalue weighted by Gasteiger charge is -2.23. The summed E-state index contributed by atoms with van der Waals surface area (Å²) in [5.41, 5.74) is 0. The van der Waals surface area contributed by atoms with E-state index in [4.69, 9.17) is 5.11 Å². The number of aliphatic carboxylic acids is 1. The molecule has 92 valence electrons. The van der Waals surface area contributed by atoms with Crippen LogP contribution in [0.2, 0.25) is 0 Å². The van der Waals surface area contributed by atoms with Crippen molar-refractivity contribution < 1.29 is 14.7 Å². The van der Waals surface area contributed by atoms with E-state index in [1.54, 1.807) is 4.90 Å². The first-order chi connectivity index (χ1) is 7.54. The fourth-order valence-electron chi connectivity index (χ4n) is 1.67. The number of hydrogen-bond acceptors (Lipinski definition) is 2. The highest BCUT2D eigenvalue weighted by atomic mass is 16.4. The van der Waals surface area contributed by atoms with Crippen LogP contribution in [0.3, 0.4) is 0 Å². The largest absolute Gasteiger partial charge is 0.481 e. The predicted octanol–water partition coefficient (Wildman–Crippen LogP) is 1.89. The summed E-state index contributed by atoms with van der Waals surface area (Å²) in [6.45, 7) is 4.49. The zero-order chi connectivity index (χ0) is 12.1. The number of rotatable bonds is 7. The zero-order valence-corrected chi connectivity index (χ0v) is 10.1. The third-order valence-electron chi connectivity index (χ3n) is 3.09. The first-order valence-corrected chi connectivity index (χ1v) is 6.05. The number of carboxylic acid groups (broad SMARTS) is 1. The minimum Gasteiger partial charge on any atom is -0.481 e. The van der Waals surface area contributed by atoms with Gasteiger partial charge in [-0.05, 0) is 18.8 Å². The van der Waals surface area contributed by atoms with Crippen LogP contribution in [0, 0.1) is 5.92 Å². The molecule has 4 heteroatoms. The zero-order valence-electron chi connectivity index (χ0n) is 10.1. The lowest BCUT2D eigenvalue weighted by atomic mass is 10.0. The van der Waals surface area contributed by atoms with Gasteiger partial charge >= 0.3 is 5.97 Å². The Balaban J connectivity index is 2.42. The molecular formula is C12H21NO3. The molecule has 1 aliphatic rings. The molecular weight excluding hydrogens is 206 g/mol. The van der Waals surface area contributed by atoms with Gasteiger partial charge in [-0.25, -0.2) is 0 Å². The van der Waals surface area contributed by atoms with Gasteiger partial charge in [-0.15, -0.1) is 0 Å². The summed E-state index contributed by atoms with van der Waals surface area (Å²) < 4.78 is 0. The maximum atomic E-state index is 11.9. The van der Waals surface area contributed by atoms with E-state index in [-0.39, 0.29) is 12.3 Å². The SMILES string of the molecule is CCC(C)CC(=O)N(CCC(=O)O)C1CC1. The minimum absolute atomic E-state index is 0.0583. The van der Waals surface area contributed by atoms with E-state index >= 15 is 0 Å². The maximum Gasteiger partial charge on any atom is 0.305 e. The van der Waals surface area contributed by atoms with Crippen molar-refractivity contribution in [3.05, 3.63) is 0 Å². The lowest BCUT2D eigenvalue weighted by Crippen LogP contribution is -2.35. The molecule has 0 aliphatic heterocycles. The Morgan fingerprint density at radius 2 is 2.06 bits per heavy atom. The van der Waals surface area contributed by atoms with Crippen LogP contribution in [0.4, 0.5) is 0 Å². The Hall–Kier alpha value is -1.06.